The van der Waals surface area contributed by atoms with Crippen LogP contribution < -0.4 is 0 Å². The second kappa shape index (κ2) is 6.61. The van der Waals surface area contributed by atoms with Gasteiger partial charge in [0.1, 0.15) is 0 Å². The van der Waals surface area contributed by atoms with Crippen molar-refractivity contribution in [1.82, 2.24) is 9.80 Å². The van der Waals surface area contributed by atoms with Crippen LogP contribution in [0.25, 0.3) is 0 Å². The quantitative estimate of drug-likeness (QED) is 0.685. The van der Waals surface area contributed by atoms with Crippen LogP contribution in [0.1, 0.15) is 59.8 Å². The van der Waals surface area contributed by atoms with Crippen LogP contribution in [0.15, 0.2) is 0 Å². The summed E-state index contributed by atoms with van der Waals surface area (Å²) < 4.78 is 0. The fourth-order valence-electron chi connectivity index (χ4n) is 2.67. The Kier molecular flexibility index (Phi) is 5.77. The van der Waals surface area contributed by atoms with E-state index in [4.69, 9.17) is 0 Å². The number of hydrogen-bond acceptors (Lipinski definition) is 2. The van der Waals surface area contributed by atoms with Crippen molar-refractivity contribution < 1.29 is 0 Å². The highest BCUT2D eigenvalue weighted by Crippen LogP contribution is 2.25. The average molecular weight is 226 g/mol. The van der Waals surface area contributed by atoms with Crippen molar-refractivity contribution >= 4 is 0 Å². The molecular weight excluding hydrogens is 196 g/mol. The fourth-order valence-corrected chi connectivity index (χ4v) is 2.67. The maximum absolute atomic E-state index is 2.68. The molecule has 0 aliphatic carbocycles. The van der Waals surface area contributed by atoms with E-state index in [1.165, 1.54) is 58.3 Å². The SMILES string of the molecule is CCCCN1CCCN(CCCC)C1(C)C. The van der Waals surface area contributed by atoms with Crippen LogP contribution in [0.3, 0.4) is 0 Å². The summed E-state index contributed by atoms with van der Waals surface area (Å²) in [5, 5.41) is 0. The molecule has 1 fully saturated rings. The number of unbranched alkanes of at least 4 members (excludes halogenated alkanes) is 2. The molecule has 0 bridgehead atoms. The molecule has 96 valence electrons. The van der Waals surface area contributed by atoms with Crippen molar-refractivity contribution in [2.24, 2.45) is 0 Å². The predicted octanol–water partition coefficient (Wildman–Crippen LogP) is 3.33. The van der Waals surface area contributed by atoms with E-state index in [0.29, 0.717) is 0 Å². The summed E-state index contributed by atoms with van der Waals surface area (Å²) >= 11 is 0. The summed E-state index contributed by atoms with van der Waals surface area (Å²) in [6.45, 7) is 14.5. The summed E-state index contributed by atoms with van der Waals surface area (Å²) in [5.74, 6) is 0. The predicted molar refractivity (Wildman–Crippen MR) is 71.7 cm³/mol. The van der Waals surface area contributed by atoms with Gasteiger partial charge in [0.15, 0.2) is 0 Å². The number of nitrogens with zero attached hydrogens (tertiary/aromatic N) is 2. The molecule has 16 heavy (non-hydrogen) atoms. The third kappa shape index (κ3) is 3.46. The van der Waals surface area contributed by atoms with Gasteiger partial charge < -0.3 is 0 Å². The van der Waals surface area contributed by atoms with E-state index in [-0.39, 0.29) is 5.66 Å². The van der Waals surface area contributed by atoms with Gasteiger partial charge in [0.25, 0.3) is 0 Å². The van der Waals surface area contributed by atoms with Crippen LogP contribution in [0.5, 0.6) is 0 Å². The van der Waals surface area contributed by atoms with Crippen molar-refractivity contribution in [2.45, 2.75) is 65.5 Å². The first-order valence-electron chi connectivity index (χ1n) is 7.13. The van der Waals surface area contributed by atoms with Crippen molar-refractivity contribution in [3.05, 3.63) is 0 Å². The lowest BCUT2D eigenvalue weighted by molar-refractivity contribution is -0.0656. The summed E-state index contributed by atoms with van der Waals surface area (Å²) in [6, 6.07) is 0. The van der Waals surface area contributed by atoms with Gasteiger partial charge in [-0.1, -0.05) is 26.7 Å². The molecule has 1 saturated heterocycles. The van der Waals surface area contributed by atoms with Gasteiger partial charge in [-0.05, 0) is 46.2 Å². The molecule has 0 spiro atoms. The van der Waals surface area contributed by atoms with Crippen LogP contribution in [-0.4, -0.2) is 41.6 Å². The van der Waals surface area contributed by atoms with Gasteiger partial charge in [0.05, 0.1) is 5.66 Å². The summed E-state index contributed by atoms with van der Waals surface area (Å²) in [6.07, 6.45) is 6.63. The van der Waals surface area contributed by atoms with E-state index in [0.717, 1.165) is 0 Å². The Balaban J connectivity index is 2.52. The Bertz CT molecular complexity index is 171. The molecule has 1 rings (SSSR count). The van der Waals surface area contributed by atoms with E-state index in [9.17, 15) is 0 Å². The van der Waals surface area contributed by atoms with Crippen LogP contribution in [0.2, 0.25) is 0 Å². The molecule has 0 amide bonds. The first kappa shape index (κ1) is 14.0. The molecule has 2 nitrogen and oxygen atoms in total. The monoisotopic (exact) mass is 226 g/mol. The molecule has 0 radical (unpaired) electrons. The molecule has 0 aromatic carbocycles. The highest BCUT2D eigenvalue weighted by Gasteiger charge is 2.35. The number of hydrogen-bond donors (Lipinski definition) is 0. The van der Waals surface area contributed by atoms with Gasteiger partial charge in [0, 0.05) is 13.1 Å². The third-order valence-electron chi connectivity index (χ3n) is 3.97. The Labute approximate surface area is 102 Å². The molecule has 1 aliphatic heterocycles. The second-order valence-corrected chi connectivity index (χ2v) is 5.53. The van der Waals surface area contributed by atoms with Crippen molar-refractivity contribution in [3.8, 4) is 0 Å². The molecule has 1 heterocycles. The van der Waals surface area contributed by atoms with Crippen LogP contribution in [0, 0.1) is 0 Å². The largest absolute Gasteiger partial charge is 0.286 e. The molecule has 0 aromatic heterocycles. The summed E-state index contributed by atoms with van der Waals surface area (Å²) in [5.41, 5.74) is 0.280. The molecule has 0 atom stereocenters. The van der Waals surface area contributed by atoms with Crippen molar-refractivity contribution in [3.63, 3.8) is 0 Å². The first-order chi connectivity index (χ1) is 7.62. The minimum atomic E-state index is 0.280. The van der Waals surface area contributed by atoms with E-state index >= 15 is 0 Å². The highest BCUT2D eigenvalue weighted by atomic mass is 15.4. The third-order valence-corrected chi connectivity index (χ3v) is 3.97. The molecule has 0 aromatic rings. The maximum atomic E-state index is 2.68. The van der Waals surface area contributed by atoms with E-state index in [1.807, 2.05) is 0 Å². The summed E-state index contributed by atoms with van der Waals surface area (Å²) in [4.78, 5) is 5.35. The van der Waals surface area contributed by atoms with Gasteiger partial charge in [-0.2, -0.15) is 0 Å². The number of rotatable bonds is 6. The fraction of sp³-hybridized carbons (Fsp3) is 1.00. The van der Waals surface area contributed by atoms with Crippen LogP contribution >= 0.6 is 0 Å². The van der Waals surface area contributed by atoms with E-state index in [2.05, 4.69) is 37.5 Å². The lowest BCUT2D eigenvalue weighted by atomic mass is 10.0. The topological polar surface area (TPSA) is 6.48 Å². The minimum Gasteiger partial charge on any atom is -0.286 e. The van der Waals surface area contributed by atoms with E-state index < -0.39 is 0 Å². The van der Waals surface area contributed by atoms with Crippen molar-refractivity contribution in [2.75, 3.05) is 26.2 Å². The first-order valence-corrected chi connectivity index (χ1v) is 7.13. The lowest BCUT2D eigenvalue weighted by Crippen LogP contribution is -2.61. The Morgan fingerprint density at radius 1 is 0.875 bits per heavy atom. The molecule has 0 unspecified atom stereocenters. The zero-order chi connectivity index (χ0) is 12.0. The minimum absolute atomic E-state index is 0.280. The molecule has 2 heteroatoms. The standard InChI is InChI=1S/C14H30N2/c1-5-7-10-15-12-9-13-16(11-8-6-2)14(15,3)4/h5-13H2,1-4H3. The normalized spacial score (nSPS) is 22.5. The van der Waals surface area contributed by atoms with Crippen molar-refractivity contribution in [1.29, 1.82) is 0 Å². The van der Waals surface area contributed by atoms with Crippen LogP contribution in [0.4, 0.5) is 0 Å². The highest BCUT2D eigenvalue weighted by molar-refractivity contribution is 4.86. The summed E-state index contributed by atoms with van der Waals surface area (Å²) in [7, 11) is 0. The van der Waals surface area contributed by atoms with Gasteiger partial charge >= 0.3 is 0 Å². The average Bonchev–Trinajstić information content (AvgIpc) is 2.25. The van der Waals surface area contributed by atoms with Gasteiger partial charge in [-0.15, -0.1) is 0 Å². The molecular formula is C14H30N2. The zero-order valence-corrected chi connectivity index (χ0v) is 11.8. The van der Waals surface area contributed by atoms with Gasteiger partial charge in [0.2, 0.25) is 0 Å². The smallest absolute Gasteiger partial charge is 0.0679 e. The molecule has 1 aliphatic rings. The van der Waals surface area contributed by atoms with Gasteiger partial charge in [-0.25, -0.2) is 0 Å². The van der Waals surface area contributed by atoms with Gasteiger partial charge in [-0.3, -0.25) is 9.80 Å². The van der Waals surface area contributed by atoms with E-state index in [1.54, 1.807) is 0 Å². The molecule has 0 saturated carbocycles. The second-order valence-electron chi connectivity index (χ2n) is 5.53. The molecule has 0 N–H and O–H groups in total. The Morgan fingerprint density at radius 2 is 1.31 bits per heavy atom. The van der Waals surface area contributed by atoms with Crippen LogP contribution in [-0.2, 0) is 0 Å². The Morgan fingerprint density at radius 3 is 1.69 bits per heavy atom. The maximum Gasteiger partial charge on any atom is 0.0679 e. The Hall–Kier alpha value is -0.0800. The zero-order valence-electron chi connectivity index (χ0n) is 11.8. The lowest BCUT2D eigenvalue weighted by Gasteiger charge is -2.50.